The van der Waals surface area contributed by atoms with Gasteiger partial charge < -0.3 is 0 Å². The molecule has 2 aromatic rings. The molecular formula is C14H12F3O3PS. The predicted octanol–water partition coefficient (Wildman–Crippen LogP) is 3.64. The minimum atomic E-state index is -4.42. The molecule has 0 radical (unpaired) electrons. The third-order valence-corrected chi connectivity index (χ3v) is 5.42. The summed E-state index contributed by atoms with van der Waals surface area (Å²) in [4.78, 5) is 0.0116. The molecule has 0 saturated carbocycles. The highest BCUT2D eigenvalue weighted by molar-refractivity contribution is 7.90. The van der Waals surface area contributed by atoms with E-state index < -0.39 is 30.7 Å². The lowest BCUT2D eigenvalue weighted by Crippen LogP contribution is -2.08. The minimum Gasteiger partial charge on any atom is -0.242 e. The van der Waals surface area contributed by atoms with Crippen LogP contribution in [-0.2, 0) is 20.3 Å². The van der Waals surface area contributed by atoms with Gasteiger partial charge in [0.25, 0.3) is 10.1 Å². The molecule has 1 unspecified atom stereocenters. The van der Waals surface area contributed by atoms with Crippen molar-refractivity contribution >= 4 is 24.2 Å². The van der Waals surface area contributed by atoms with E-state index in [1.165, 1.54) is 24.3 Å². The molecule has 3 nitrogen and oxygen atoms in total. The first-order valence-corrected chi connectivity index (χ1v) is 8.43. The summed E-state index contributed by atoms with van der Waals surface area (Å²) in [6, 6.07) is 10.3. The Morgan fingerprint density at radius 2 is 1.50 bits per heavy atom. The molecule has 0 saturated heterocycles. The van der Waals surface area contributed by atoms with Crippen LogP contribution in [0.1, 0.15) is 11.1 Å². The van der Waals surface area contributed by atoms with E-state index in [1.54, 1.807) is 12.1 Å². The van der Waals surface area contributed by atoms with Crippen molar-refractivity contribution in [3.8, 4) is 0 Å². The fraction of sp³-hybridized carbons (Fsp3) is 0.143. The zero-order chi connectivity index (χ0) is 16.4. The third-order valence-electron chi connectivity index (χ3n) is 2.79. The first kappa shape index (κ1) is 16.9. The molecule has 0 spiro atoms. The van der Waals surface area contributed by atoms with E-state index in [2.05, 4.69) is 0 Å². The van der Waals surface area contributed by atoms with Crippen molar-refractivity contribution in [3.05, 3.63) is 59.7 Å². The van der Waals surface area contributed by atoms with Crippen LogP contribution in [0.2, 0.25) is 0 Å². The average molecular weight is 348 g/mol. The van der Waals surface area contributed by atoms with Crippen molar-refractivity contribution < 1.29 is 25.6 Å². The summed E-state index contributed by atoms with van der Waals surface area (Å²) in [5, 5.41) is 0.365. The molecule has 0 amide bonds. The minimum absolute atomic E-state index is 0.0116. The highest BCUT2D eigenvalue weighted by atomic mass is 32.2. The molecule has 0 aliphatic carbocycles. The fourth-order valence-corrected chi connectivity index (χ4v) is 3.56. The van der Waals surface area contributed by atoms with Crippen LogP contribution >= 0.6 is 8.81 Å². The first-order valence-electron chi connectivity index (χ1n) is 6.12. The monoisotopic (exact) mass is 348 g/mol. The Labute approximate surface area is 128 Å². The summed E-state index contributed by atoms with van der Waals surface area (Å²) in [5.41, 5.74) is 0.117. The Kier molecular flexibility index (Phi) is 4.90. The Balaban J connectivity index is 2.07. The SMILES string of the molecule is Cc1ccc(S(=O)(=O)OPc2ccc(C(F)(F)F)cc2)cc1. The molecule has 0 heterocycles. The van der Waals surface area contributed by atoms with Crippen LogP contribution in [0.25, 0.3) is 0 Å². The molecule has 0 N–H and O–H groups in total. The van der Waals surface area contributed by atoms with Gasteiger partial charge in [-0.1, -0.05) is 29.8 Å². The average Bonchev–Trinajstić information content (AvgIpc) is 2.45. The lowest BCUT2D eigenvalue weighted by molar-refractivity contribution is -0.137. The van der Waals surface area contributed by atoms with Gasteiger partial charge in [0.2, 0.25) is 0 Å². The fourth-order valence-electron chi connectivity index (χ4n) is 1.58. The molecule has 8 heteroatoms. The summed E-state index contributed by atoms with van der Waals surface area (Å²) >= 11 is 0. The molecule has 22 heavy (non-hydrogen) atoms. The van der Waals surface area contributed by atoms with Crippen LogP contribution in [0, 0.1) is 6.92 Å². The van der Waals surface area contributed by atoms with Crippen molar-refractivity contribution in [1.29, 1.82) is 0 Å². The Morgan fingerprint density at radius 3 is 2.00 bits per heavy atom. The third kappa shape index (κ3) is 4.29. The number of benzene rings is 2. The normalized spacial score (nSPS) is 12.9. The zero-order valence-corrected chi connectivity index (χ0v) is 13.2. The van der Waals surface area contributed by atoms with Crippen LogP contribution in [0.4, 0.5) is 13.2 Å². The molecule has 0 fully saturated rings. The van der Waals surface area contributed by atoms with Gasteiger partial charge in [0.05, 0.1) is 19.3 Å². The Bertz CT molecular complexity index is 738. The van der Waals surface area contributed by atoms with Crippen molar-refractivity contribution in [2.75, 3.05) is 0 Å². The van der Waals surface area contributed by atoms with Crippen LogP contribution in [0.5, 0.6) is 0 Å². The maximum atomic E-state index is 12.4. The first-order chi connectivity index (χ1) is 10.2. The Morgan fingerprint density at radius 1 is 0.955 bits per heavy atom. The molecule has 2 aromatic carbocycles. The lowest BCUT2D eigenvalue weighted by atomic mass is 10.2. The predicted molar refractivity (Wildman–Crippen MR) is 78.8 cm³/mol. The van der Waals surface area contributed by atoms with E-state index in [-0.39, 0.29) is 4.90 Å². The van der Waals surface area contributed by atoms with E-state index in [0.717, 1.165) is 17.7 Å². The van der Waals surface area contributed by atoms with Gasteiger partial charge in [-0.2, -0.15) is 21.6 Å². The topological polar surface area (TPSA) is 43.4 Å². The number of aryl methyl sites for hydroxylation is 1. The number of rotatable bonds is 4. The van der Waals surface area contributed by atoms with E-state index in [4.69, 9.17) is 3.97 Å². The maximum Gasteiger partial charge on any atom is 0.416 e. The summed E-state index contributed by atoms with van der Waals surface area (Å²) in [6.07, 6.45) is -4.42. The quantitative estimate of drug-likeness (QED) is 0.793. The molecule has 0 aliphatic rings. The summed E-state index contributed by atoms with van der Waals surface area (Å²) in [6.45, 7) is 1.82. The van der Waals surface area contributed by atoms with Crippen LogP contribution in [0.15, 0.2) is 53.4 Å². The molecule has 1 atom stereocenters. The molecule has 2 rings (SSSR count). The van der Waals surface area contributed by atoms with E-state index in [9.17, 15) is 21.6 Å². The van der Waals surface area contributed by atoms with Crippen molar-refractivity contribution in [3.63, 3.8) is 0 Å². The Hall–Kier alpha value is -1.43. The zero-order valence-electron chi connectivity index (χ0n) is 11.4. The molecule has 0 bridgehead atoms. The van der Waals surface area contributed by atoms with Gasteiger partial charge in [0.1, 0.15) is 0 Å². The van der Waals surface area contributed by atoms with Gasteiger partial charge in [-0.15, -0.1) is 0 Å². The lowest BCUT2D eigenvalue weighted by Gasteiger charge is -2.08. The summed E-state index contributed by atoms with van der Waals surface area (Å²) in [7, 11) is -4.52. The van der Waals surface area contributed by atoms with Gasteiger partial charge in [-0.05, 0) is 31.2 Å². The van der Waals surface area contributed by atoms with Crippen molar-refractivity contribution in [2.24, 2.45) is 0 Å². The molecule has 0 aromatic heterocycles. The van der Waals surface area contributed by atoms with Gasteiger partial charge in [-0.3, -0.25) is 0 Å². The van der Waals surface area contributed by atoms with Gasteiger partial charge in [0.15, 0.2) is 0 Å². The maximum absolute atomic E-state index is 12.4. The number of hydrogen-bond donors (Lipinski definition) is 0. The van der Waals surface area contributed by atoms with Crippen molar-refractivity contribution in [2.45, 2.75) is 18.0 Å². The van der Waals surface area contributed by atoms with E-state index in [1.807, 2.05) is 6.92 Å². The molecular weight excluding hydrogens is 336 g/mol. The van der Waals surface area contributed by atoms with Gasteiger partial charge >= 0.3 is 6.18 Å². The summed E-state index contributed by atoms with van der Waals surface area (Å²) < 4.78 is 66.1. The second-order valence-corrected chi connectivity index (χ2v) is 7.36. The number of hydrogen-bond acceptors (Lipinski definition) is 3. The molecule has 0 aliphatic heterocycles. The van der Waals surface area contributed by atoms with Crippen molar-refractivity contribution in [1.82, 2.24) is 0 Å². The number of alkyl halides is 3. The standard InChI is InChI=1S/C14H12F3O3PS/c1-10-2-8-13(9-3-10)22(18,19)20-21-12-6-4-11(5-7-12)14(15,16)17/h2-9,21H,1H3. The van der Waals surface area contributed by atoms with E-state index >= 15 is 0 Å². The summed E-state index contributed by atoms with van der Waals surface area (Å²) in [5.74, 6) is 0. The second-order valence-electron chi connectivity index (χ2n) is 4.53. The van der Waals surface area contributed by atoms with Gasteiger partial charge in [-0.25, -0.2) is 3.97 Å². The highest BCUT2D eigenvalue weighted by Crippen LogP contribution is 2.29. The second kappa shape index (κ2) is 6.36. The van der Waals surface area contributed by atoms with E-state index in [0.29, 0.717) is 5.30 Å². The van der Waals surface area contributed by atoms with Crippen LogP contribution in [0.3, 0.4) is 0 Å². The molecule has 118 valence electrons. The smallest absolute Gasteiger partial charge is 0.242 e. The van der Waals surface area contributed by atoms with Crippen LogP contribution < -0.4 is 5.30 Å². The largest absolute Gasteiger partial charge is 0.416 e. The number of halogens is 3. The highest BCUT2D eigenvalue weighted by Gasteiger charge is 2.30. The van der Waals surface area contributed by atoms with Gasteiger partial charge in [0, 0.05) is 5.30 Å². The van der Waals surface area contributed by atoms with Crippen LogP contribution in [-0.4, -0.2) is 8.42 Å².